The molecule has 0 aliphatic heterocycles. The molecule has 0 saturated carbocycles. The van der Waals surface area contributed by atoms with Gasteiger partial charge in [-0.15, -0.1) is 10.2 Å². The van der Waals surface area contributed by atoms with Gasteiger partial charge in [0.15, 0.2) is 0 Å². The second kappa shape index (κ2) is 17.4. The van der Waals surface area contributed by atoms with Gasteiger partial charge < -0.3 is 13.3 Å². The van der Waals surface area contributed by atoms with Crippen LogP contribution in [-0.2, 0) is 10.8 Å². The summed E-state index contributed by atoms with van der Waals surface area (Å²) >= 11 is 0. The lowest BCUT2D eigenvalue weighted by Gasteiger charge is -2.34. The van der Waals surface area contributed by atoms with Crippen LogP contribution in [0.15, 0.2) is 292 Å². The molecule has 81 heavy (non-hydrogen) atoms. The van der Waals surface area contributed by atoms with Gasteiger partial charge in [-0.3, -0.25) is 0 Å². The van der Waals surface area contributed by atoms with Crippen LogP contribution < -0.4 is 0 Å². The van der Waals surface area contributed by atoms with E-state index in [1.807, 2.05) is 24.3 Å². The van der Waals surface area contributed by atoms with Gasteiger partial charge in [-0.2, -0.15) is 0 Å². The molecule has 0 radical (unpaired) electrons. The minimum atomic E-state index is -0.699. The fourth-order valence-corrected chi connectivity index (χ4v) is 14.0. The molecule has 0 spiro atoms. The van der Waals surface area contributed by atoms with Gasteiger partial charge in [-0.1, -0.05) is 231 Å². The number of para-hydroxylation sites is 4. The van der Waals surface area contributed by atoms with E-state index in [0.717, 1.165) is 122 Å². The summed E-state index contributed by atoms with van der Waals surface area (Å²) in [7, 11) is 0. The number of hydrogen-bond acceptors (Lipinski definition) is 5. The highest BCUT2D eigenvalue weighted by Gasteiger charge is 2.48. The van der Waals surface area contributed by atoms with Crippen LogP contribution >= 0.6 is 0 Å². The van der Waals surface area contributed by atoms with Crippen LogP contribution in [0.25, 0.3) is 111 Å². The van der Waals surface area contributed by atoms with E-state index in [-0.39, 0.29) is 0 Å². The van der Waals surface area contributed by atoms with Crippen molar-refractivity contribution in [1.29, 1.82) is 0 Å². The second-order valence-electron chi connectivity index (χ2n) is 21.5. The van der Waals surface area contributed by atoms with E-state index in [1.54, 1.807) is 0 Å². The van der Waals surface area contributed by atoms with E-state index in [2.05, 4.69) is 255 Å². The highest BCUT2D eigenvalue weighted by molar-refractivity contribution is 6.11. The molecular weight excluding hydrogens is 989 g/mol. The van der Waals surface area contributed by atoms with Crippen LogP contribution in [0.4, 0.5) is 0 Å². The Kier molecular flexibility index (Phi) is 9.78. The summed E-state index contributed by atoms with van der Waals surface area (Å²) in [5.74, 6) is 0.892. The Balaban J connectivity index is 0.815. The second-order valence-corrected chi connectivity index (χ2v) is 21.5. The van der Waals surface area contributed by atoms with Crippen molar-refractivity contribution in [1.82, 2.24) is 10.2 Å². The number of hydrogen-bond donors (Lipinski definition) is 0. The SMILES string of the molecule is c1ccc(C2(c3ccccc3)c3cc(-c4nnc(-c5ccc6c(c5)C(c5ccccc5)(c5ccccc5)c5cc(-c7cccc8c7oc7ccccc78)ccc5-6)o4)ccc3-c3ccc(-c4cccc5c4oc4ccccc45)cc32)cc1. The van der Waals surface area contributed by atoms with Crippen LogP contribution in [0.5, 0.6) is 0 Å². The molecule has 2 aliphatic rings. The first-order valence-electron chi connectivity index (χ1n) is 27.6. The Bertz CT molecular complexity index is 4600. The summed E-state index contributed by atoms with van der Waals surface area (Å²) in [5.41, 5.74) is 22.1. The quantitative estimate of drug-likeness (QED) is 0.152. The molecule has 378 valence electrons. The number of aromatic nitrogens is 2. The van der Waals surface area contributed by atoms with Gasteiger partial charge in [0.1, 0.15) is 22.3 Å². The molecule has 0 saturated heterocycles. The normalized spacial score (nSPS) is 13.6. The first-order valence-corrected chi connectivity index (χ1v) is 27.6. The van der Waals surface area contributed by atoms with E-state index in [9.17, 15) is 0 Å². The number of nitrogens with zero attached hydrogens (tertiary/aromatic N) is 2. The summed E-state index contributed by atoms with van der Waals surface area (Å²) in [4.78, 5) is 0. The number of benzene rings is 12. The molecule has 0 atom stereocenters. The largest absolute Gasteiger partial charge is 0.455 e. The third-order valence-corrected chi connectivity index (χ3v) is 17.5. The van der Waals surface area contributed by atoms with Gasteiger partial charge in [0, 0.05) is 43.8 Å². The summed E-state index contributed by atoms with van der Waals surface area (Å²) in [5, 5.41) is 14.2. The van der Waals surface area contributed by atoms with Gasteiger partial charge >= 0.3 is 0 Å². The maximum absolute atomic E-state index is 6.93. The predicted molar refractivity (Wildman–Crippen MR) is 325 cm³/mol. The van der Waals surface area contributed by atoms with Crippen LogP contribution in [0.1, 0.15) is 44.5 Å². The van der Waals surface area contributed by atoms with Crippen molar-refractivity contribution in [2.45, 2.75) is 10.8 Å². The zero-order valence-corrected chi connectivity index (χ0v) is 43.7. The molecule has 0 unspecified atom stereocenters. The summed E-state index contributed by atoms with van der Waals surface area (Å²) in [6.45, 7) is 0. The van der Waals surface area contributed by atoms with Crippen molar-refractivity contribution in [3.63, 3.8) is 0 Å². The minimum absolute atomic E-state index is 0.446. The van der Waals surface area contributed by atoms with Gasteiger partial charge in [0.25, 0.3) is 0 Å². The number of rotatable bonds is 8. The molecule has 2 aliphatic carbocycles. The standard InChI is InChI=1S/C76H46N2O3/c1-5-19-51(20-6-1)75(52-21-7-2-8-22-52)65-43-47(55-29-17-31-63-61-27-13-15-33-69(61)79-71(55)63)35-39-57(65)59-41-37-49(45-67(59)75)73-77-78-74(81-73)50-38-42-60-58-40-36-48(56-30-18-32-64-62-28-14-16-34-70(62)80-72(56)64)44-66(58)76(68(60)46-50,53-23-9-3-10-24-53)54-25-11-4-12-26-54/h1-46H. The Morgan fingerprint density at radius 2 is 0.543 bits per heavy atom. The molecule has 15 aromatic rings. The Morgan fingerprint density at radius 3 is 0.914 bits per heavy atom. The summed E-state index contributed by atoms with van der Waals surface area (Å²) < 4.78 is 20.2. The van der Waals surface area contributed by atoms with Gasteiger partial charge in [-0.25, -0.2) is 0 Å². The lowest BCUT2D eigenvalue weighted by atomic mass is 9.67. The van der Waals surface area contributed by atoms with Gasteiger partial charge in [0.05, 0.1) is 10.8 Å². The van der Waals surface area contributed by atoms with Crippen LogP contribution in [0, 0.1) is 0 Å². The number of fused-ring (bicyclic) bond motifs is 12. The molecule has 3 heterocycles. The monoisotopic (exact) mass is 1030 g/mol. The number of furan rings is 2. The Morgan fingerprint density at radius 1 is 0.235 bits per heavy atom. The molecular formula is C76H46N2O3. The van der Waals surface area contributed by atoms with E-state index in [1.165, 1.54) is 22.3 Å². The average molecular weight is 1040 g/mol. The highest BCUT2D eigenvalue weighted by Crippen LogP contribution is 2.60. The fourth-order valence-electron chi connectivity index (χ4n) is 14.0. The molecule has 5 nitrogen and oxygen atoms in total. The topological polar surface area (TPSA) is 65.2 Å². The Hall–Kier alpha value is -10.6. The van der Waals surface area contributed by atoms with Crippen LogP contribution in [-0.4, -0.2) is 10.2 Å². The van der Waals surface area contributed by atoms with Gasteiger partial charge in [-0.05, 0) is 126 Å². The maximum atomic E-state index is 6.93. The molecule has 3 aromatic heterocycles. The molecule has 0 bridgehead atoms. The summed E-state index contributed by atoms with van der Waals surface area (Å²) in [6.07, 6.45) is 0. The maximum Gasteiger partial charge on any atom is 0.248 e. The molecule has 12 aromatic carbocycles. The first-order chi connectivity index (χ1) is 40.1. The van der Waals surface area contributed by atoms with Gasteiger partial charge in [0.2, 0.25) is 11.8 Å². The lowest BCUT2D eigenvalue weighted by Crippen LogP contribution is -2.28. The average Bonchev–Trinajstić information content (AvgIpc) is 4.57. The van der Waals surface area contributed by atoms with Crippen molar-refractivity contribution < 1.29 is 13.3 Å². The third kappa shape index (κ3) is 6.49. The smallest absolute Gasteiger partial charge is 0.248 e. The van der Waals surface area contributed by atoms with E-state index in [0.29, 0.717) is 11.8 Å². The molecule has 17 rings (SSSR count). The molecule has 0 fully saturated rings. The molecule has 0 amide bonds. The van der Waals surface area contributed by atoms with Crippen molar-refractivity contribution >= 4 is 43.9 Å². The van der Waals surface area contributed by atoms with Crippen molar-refractivity contribution in [3.05, 3.63) is 324 Å². The minimum Gasteiger partial charge on any atom is -0.455 e. The predicted octanol–water partition coefficient (Wildman–Crippen LogP) is 19.3. The summed E-state index contributed by atoms with van der Waals surface area (Å²) in [6, 6.07) is 100. The first kappa shape index (κ1) is 45.4. The molecule has 5 heteroatoms. The zero-order chi connectivity index (χ0) is 53.2. The Labute approximate surface area is 466 Å². The van der Waals surface area contributed by atoms with Crippen molar-refractivity contribution in [2.75, 3.05) is 0 Å². The van der Waals surface area contributed by atoms with Crippen molar-refractivity contribution in [3.8, 4) is 67.4 Å². The lowest BCUT2D eigenvalue weighted by molar-refractivity contribution is 0.584. The van der Waals surface area contributed by atoms with E-state index in [4.69, 9.17) is 23.4 Å². The molecule has 0 N–H and O–H groups in total. The van der Waals surface area contributed by atoms with E-state index >= 15 is 0 Å². The van der Waals surface area contributed by atoms with E-state index < -0.39 is 10.8 Å². The highest BCUT2D eigenvalue weighted by atomic mass is 16.4. The van der Waals surface area contributed by atoms with Crippen molar-refractivity contribution in [2.24, 2.45) is 0 Å². The third-order valence-electron chi connectivity index (χ3n) is 17.5. The zero-order valence-electron chi connectivity index (χ0n) is 43.7. The fraction of sp³-hybridized carbons (Fsp3) is 0.0263. The van der Waals surface area contributed by atoms with Crippen LogP contribution in [0.3, 0.4) is 0 Å². The van der Waals surface area contributed by atoms with Crippen LogP contribution in [0.2, 0.25) is 0 Å².